The van der Waals surface area contributed by atoms with Gasteiger partial charge in [-0.3, -0.25) is 0 Å². The van der Waals surface area contributed by atoms with Crippen molar-refractivity contribution in [2.75, 3.05) is 0 Å². The molecule has 0 nitrogen and oxygen atoms in total. The Balaban J connectivity index is 1.93. The van der Waals surface area contributed by atoms with Crippen LogP contribution in [0.25, 0.3) is 0 Å². The minimum Gasteiger partial charge on any atom is -0.0746 e. The van der Waals surface area contributed by atoms with Crippen molar-refractivity contribution in [3.63, 3.8) is 0 Å². The number of rotatable bonds is 2. The highest BCUT2D eigenvalue weighted by molar-refractivity contribution is 6.11. The summed E-state index contributed by atoms with van der Waals surface area (Å²) < 4.78 is 0. The van der Waals surface area contributed by atoms with E-state index in [1.165, 1.54) is 167 Å². The Morgan fingerprint density at radius 1 is 0.469 bits per heavy atom. The molecule has 0 heterocycles. The Kier molecular flexibility index (Phi) is 17.1. The van der Waals surface area contributed by atoms with E-state index in [9.17, 15) is 0 Å². The van der Waals surface area contributed by atoms with Crippen LogP contribution in [-0.4, -0.2) is 7.85 Å². The van der Waals surface area contributed by atoms with Gasteiger partial charge in [-0.15, -0.1) is 0 Å². The lowest BCUT2D eigenvalue weighted by atomic mass is 9.69. The maximum Gasteiger partial charge on any atom is 0.0703 e. The summed E-state index contributed by atoms with van der Waals surface area (Å²) in [5, 5.41) is 0. The molecule has 2 bridgehead atoms. The van der Waals surface area contributed by atoms with Crippen molar-refractivity contribution in [2.24, 2.45) is 17.8 Å². The molecular formula is C31H59B. The Hall–Kier alpha value is 0.0649. The summed E-state index contributed by atoms with van der Waals surface area (Å²) in [6.45, 7) is 2.39. The van der Waals surface area contributed by atoms with Gasteiger partial charge in [0.1, 0.15) is 0 Å². The van der Waals surface area contributed by atoms with E-state index in [1.54, 1.807) is 0 Å². The quantitative estimate of drug-likeness (QED) is 0.373. The van der Waals surface area contributed by atoms with Gasteiger partial charge in [0.25, 0.3) is 0 Å². The van der Waals surface area contributed by atoms with Crippen LogP contribution in [0.5, 0.6) is 0 Å². The molecule has 2 aliphatic carbocycles. The molecule has 2 saturated carbocycles. The van der Waals surface area contributed by atoms with Crippen LogP contribution in [0.2, 0.25) is 5.82 Å². The smallest absolute Gasteiger partial charge is 0.0703 e. The van der Waals surface area contributed by atoms with Gasteiger partial charge in [-0.05, 0) is 17.8 Å². The van der Waals surface area contributed by atoms with E-state index in [4.69, 9.17) is 7.85 Å². The first-order valence-corrected chi connectivity index (χ1v) is 15.5. The van der Waals surface area contributed by atoms with Crippen molar-refractivity contribution >= 4 is 7.85 Å². The van der Waals surface area contributed by atoms with Crippen LogP contribution in [0.15, 0.2) is 0 Å². The third-order valence-corrected chi connectivity index (χ3v) is 9.05. The van der Waals surface area contributed by atoms with Gasteiger partial charge in [0, 0.05) is 0 Å². The number of fused-ring (bicyclic) bond motifs is 6. The third-order valence-electron chi connectivity index (χ3n) is 9.05. The standard InChI is InChI=1S/C31H59B/c1-2-19-28-20-11-6-3-4-8-14-25-30-26-15-10-13-22-29(24-18-17-23-28)21-12-7-5-9-16-27-31(30)32/h28-31H,2-27H2,1H3. The van der Waals surface area contributed by atoms with Gasteiger partial charge in [-0.2, -0.15) is 0 Å². The SMILES string of the molecule is [B]C1CCCCCCCC2CCCCCC1CCCCCCCCC(CCC)CCCC2. The third kappa shape index (κ3) is 13.7. The van der Waals surface area contributed by atoms with E-state index in [0.717, 1.165) is 17.8 Å². The zero-order valence-electron chi connectivity index (χ0n) is 22.3. The fraction of sp³-hybridized carbons (Fsp3) is 1.00. The van der Waals surface area contributed by atoms with E-state index in [0.29, 0.717) is 5.82 Å². The Bertz CT molecular complexity index is 405. The first-order valence-electron chi connectivity index (χ1n) is 15.5. The van der Waals surface area contributed by atoms with E-state index in [1.807, 2.05) is 0 Å². The van der Waals surface area contributed by atoms with E-state index >= 15 is 0 Å². The van der Waals surface area contributed by atoms with Crippen molar-refractivity contribution < 1.29 is 0 Å². The van der Waals surface area contributed by atoms with Crippen LogP contribution >= 0.6 is 0 Å². The van der Waals surface area contributed by atoms with Crippen molar-refractivity contribution in [1.29, 1.82) is 0 Å². The second kappa shape index (κ2) is 19.4. The molecule has 0 amide bonds. The van der Waals surface area contributed by atoms with E-state index in [-0.39, 0.29) is 0 Å². The molecule has 0 aromatic heterocycles. The maximum absolute atomic E-state index is 6.76. The second-order valence-electron chi connectivity index (χ2n) is 11.9. The van der Waals surface area contributed by atoms with Crippen LogP contribution in [-0.2, 0) is 0 Å². The lowest BCUT2D eigenvalue weighted by molar-refractivity contribution is 0.336. The molecule has 4 atom stereocenters. The highest BCUT2D eigenvalue weighted by Gasteiger charge is 2.17. The average Bonchev–Trinajstić information content (AvgIpc) is 2.79. The molecule has 1 heteroatoms. The molecule has 32 heavy (non-hydrogen) atoms. The lowest BCUT2D eigenvalue weighted by Crippen LogP contribution is -2.10. The van der Waals surface area contributed by atoms with Gasteiger partial charge >= 0.3 is 0 Å². The van der Waals surface area contributed by atoms with Gasteiger partial charge in [0.05, 0.1) is 7.85 Å². The molecule has 186 valence electrons. The lowest BCUT2D eigenvalue weighted by Gasteiger charge is -2.25. The monoisotopic (exact) mass is 442 g/mol. The molecule has 0 saturated heterocycles. The number of hydrogen-bond donors (Lipinski definition) is 0. The first kappa shape index (κ1) is 28.3. The Morgan fingerprint density at radius 2 is 0.844 bits per heavy atom. The predicted molar refractivity (Wildman–Crippen MR) is 146 cm³/mol. The van der Waals surface area contributed by atoms with E-state index in [2.05, 4.69) is 6.92 Å². The van der Waals surface area contributed by atoms with Gasteiger partial charge < -0.3 is 0 Å². The molecule has 2 rings (SSSR count). The topological polar surface area (TPSA) is 0 Å². The highest BCUT2D eigenvalue weighted by atomic mass is 14.2. The fourth-order valence-electron chi connectivity index (χ4n) is 6.85. The van der Waals surface area contributed by atoms with Crippen LogP contribution in [0.1, 0.15) is 174 Å². The molecule has 2 fully saturated rings. The molecule has 2 aliphatic rings. The largest absolute Gasteiger partial charge is 0.0746 e. The van der Waals surface area contributed by atoms with Gasteiger partial charge in [-0.25, -0.2) is 0 Å². The normalized spacial score (nSPS) is 32.4. The maximum atomic E-state index is 6.76. The fourth-order valence-corrected chi connectivity index (χ4v) is 6.85. The van der Waals surface area contributed by atoms with Crippen LogP contribution < -0.4 is 0 Å². The Morgan fingerprint density at radius 3 is 1.41 bits per heavy atom. The average molecular weight is 443 g/mol. The summed E-state index contributed by atoms with van der Waals surface area (Å²) in [6, 6.07) is 0. The Labute approximate surface area is 205 Å². The van der Waals surface area contributed by atoms with Crippen molar-refractivity contribution in [3.8, 4) is 0 Å². The summed E-state index contributed by atoms with van der Waals surface area (Å²) >= 11 is 0. The summed E-state index contributed by atoms with van der Waals surface area (Å²) in [5.41, 5.74) is 0. The predicted octanol–water partition coefficient (Wildman–Crippen LogP) is 11.0. The van der Waals surface area contributed by atoms with Crippen molar-refractivity contribution in [1.82, 2.24) is 0 Å². The zero-order valence-corrected chi connectivity index (χ0v) is 22.3. The molecule has 0 N–H and O–H groups in total. The highest BCUT2D eigenvalue weighted by Crippen LogP contribution is 2.33. The molecule has 0 aromatic carbocycles. The summed E-state index contributed by atoms with van der Waals surface area (Å²) in [7, 11) is 6.76. The molecule has 0 spiro atoms. The van der Waals surface area contributed by atoms with Crippen LogP contribution in [0.3, 0.4) is 0 Å². The van der Waals surface area contributed by atoms with Gasteiger partial charge in [0.2, 0.25) is 0 Å². The molecular weight excluding hydrogens is 383 g/mol. The number of hydrogen-bond acceptors (Lipinski definition) is 0. The molecule has 4 unspecified atom stereocenters. The molecule has 0 aromatic rings. The van der Waals surface area contributed by atoms with Gasteiger partial charge in [0.15, 0.2) is 0 Å². The van der Waals surface area contributed by atoms with Crippen molar-refractivity contribution in [3.05, 3.63) is 0 Å². The molecule has 2 radical (unpaired) electrons. The summed E-state index contributed by atoms with van der Waals surface area (Å²) in [4.78, 5) is 0. The van der Waals surface area contributed by atoms with Gasteiger partial charge in [-0.1, -0.05) is 180 Å². The van der Waals surface area contributed by atoms with Crippen molar-refractivity contribution in [2.45, 2.75) is 180 Å². The van der Waals surface area contributed by atoms with Crippen LogP contribution in [0.4, 0.5) is 0 Å². The minimum atomic E-state index is 0.473. The van der Waals surface area contributed by atoms with E-state index < -0.39 is 0 Å². The first-order chi connectivity index (χ1) is 15.8. The second-order valence-corrected chi connectivity index (χ2v) is 11.9. The van der Waals surface area contributed by atoms with Crippen LogP contribution in [0, 0.1) is 17.8 Å². The summed E-state index contributed by atoms with van der Waals surface area (Å²) in [6.07, 6.45) is 37.9. The minimum absolute atomic E-state index is 0.473. The summed E-state index contributed by atoms with van der Waals surface area (Å²) in [5.74, 6) is 3.32. The zero-order chi connectivity index (χ0) is 22.7. The molecule has 0 aliphatic heterocycles.